The van der Waals surface area contributed by atoms with Crippen molar-refractivity contribution in [3.8, 4) is 0 Å². The average molecular weight is 368 g/mol. The van der Waals surface area contributed by atoms with Gasteiger partial charge >= 0.3 is 0 Å². The molecule has 1 saturated carbocycles. The first-order chi connectivity index (χ1) is 11.6. The number of carbonyl (C=O) groups is 2. The van der Waals surface area contributed by atoms with Crippen molar-refractivity contribution in [3.63, 3.8) is 0 Å². The predicted octanol–water partition coefficient (Wildman–Crippen LogP) is 1.97. The minimum Gasteiger partial charge on any atom is -0.381 e. The topological polar surface area (TPSA) is 93.5 Å². The summed E-state index contributed by atoms with van der Waals surface area (Å²) in [5, 5.41) is 5.85. The zero-order valence-electron chi connectivity index (χ0n) is 14.3. The van der Waals surface area contributed by atoms with Crippen molar-refractivity contribution in [2.24, 2.45) is 11.7 Å². The molecule has 0 bridgehead atoms. The van der Waals surface area contributed by atoms with Gasteiger partial charge in [-0.25, -0.2) is 0 Å². The van der Waals surface area contributed by atoms with Crippen LogP contribution in [0.2, 0.25) is 0 Å². The number of anilines is 1. The molecule has 1 aliphatic carbocycles. The van der Waals surface area contributed by atoms with Crippen molar-refractivity contribution in [2.45, 2.75) is 44.2 Å². The molecule has 2 aliphatic rings. The molecule has 1 saturated heterocycles. The van der Waals surface area contributed by atoms with Crippen LogP contribution < -0.4 is 16.4 Å². The zero-order valence-corrected chi connectivity index (χ0v) is 15.1. The van der Waals surface area contributed by atoms with Crippen LogP contribution in [0.1, 0.15) is 37.7 Å². The number of halogens is 1. The van der Waals surface area contributed by atoms with Crippen LogP contribution in [0.3, 0.4) is 0 Å². The van der Waals surface area contributed by atoms with Crippen LogP contribution in [0.5, 0.6) is 0 Å². The number of benzene rings is 1. The molecule has 2 amide bonds. The maximum absolute atomic E-state index is 12.3. The first-order valence-corrected chi connectivity index (χ1v) is 8.62. The van der Waals surface area contributed by atoms with Gasteiger partial charge in [-0.3, -0.25) is 9.59 Å². The highest BCUT2D eigenvalue weighted by atomic mass is 35.5. The summed E-state index contributed by atoms with van der Waals surface area (Å²) in [6.45, 7) is 1.44. The Labute approximate surface area is 154 Å². The summed E-state index contributed by atoms with van der Waals surface area (Å²) in [4.78, 5) is 24.3. The molecule has 4 N–H and O–H groups in total. The number of hydrogen-bond acceptors (Lipinski definition) is 4. The van der Waals surface area contributed by atoms with Gasteiger partial charge in [0.15, 0.2) is 0 Å². The second-order valence-electron chi connectivity index (χ2n) is 6.77. The quantitative estimate of drug-likeness (QED) is 0.741. The van der Waals surface area contributed by atoms with Crippen molar-refractivity contribution >= 4 is 29.9 Å². The van der Waals surface area contributed by atoms with E-state index >= 15 is 0 Å². The molecule has 2 fully saturated rings. The minimum absolute atomic E-state index is 0. The van der Waals surface area contributed by atoms with E-state index < -0.39 is 5.54 Å². The third-order valence-corrected chi connectivity index (χ3v) is 4.96. The zero-order chi connectivity index (χ0) is 17.0. The molecular weight excluding hydrogens is 342 g/mol. The van der Waals surface area contributed by atoms with E-state index in [0.29, 0.717) is 32.6 Å². The number of ether oxygens (including phenoxy) is 1. The summed E-state index contributed by atoms with van der Waals surface area (Å²) in [6, 6.07) is 7.56. The molecule has 3 rings (SSSR count). The lowest BCUT2D eigenvalue weighted by Crippen LogP contribution is -2.56. The van der Waals surface area contributed by atoms with Crippen molar-refractivity contribution < 1.29 is 14.3 Å². The third-order valence-electron chi connectivity index (χ3n) is 4.96. The summed E-state index contributed by atoms with van der Waals surface area (Å²) in [6.07, 6.45) is 4.16. The lowest BCUT2D eigenvalue weighted by atomic mass is 9.85. The van der Waals surface area contributed by atoms with Crippen molar-refractivity contribution in [2.75, 3.05) is 18.5 Å². The van der Waals surface area contributed by atoms with Crippen molar-refractivity contribution in [3.05, 3.63) is 29.8 Å². The van der Waals surface area contributed by atoms with Gasteiger partial charge in [0, 0.05) is 31.4 Å². The van der Waals surface area contributed by atoms with E-state index in [2.05, 4.69) is 10.6 Å². The van der Waals surface area contributed by atoms with E-state index in [1.807, 2.05) is 24.3 Å². The molecule has 1 aromatic carbocycles. The van der Waals surface area contributed by atoms with Crippen LogP contribution in [0, 0.1) is 5.92 Å². The van der Waals surface area contributed by atoms with Crippen LogP contribution in [-0.2, 0) is 20.9 Å². The predicted molar refractivity (Wildman–Crippen MR) is 98.5 cm³/mol. The highest BCUT2D eigenvalue weighted by Gasteiger charge is 2.35. The van der Waals surface area contributed by atoms with Gasteiger partial charge in [-0.15, -0.1) is 12.4 Å². The Morgan fingerprint density at radius 1 is 1.24 bits per heavy atom. The van der Waals surface area contributed by atoms with E-state index in [1.165, 1.54) is 0 Å². The smallest absolute Gasteiger partial charge is 0.240 e. The van der Waals surface area contributed by atoms with Gasteiger partial charge in [-0.2, -0.15) is 0 Å². The minimum atomic E-state index is -0.839. The summed E-state index contributed by atoms with van der Waals surface area (Å²) in [5.74, 6) is 0.0965. The van der Waals surface area contributed by atoms with Crippen LogP contribution in [0.4, 0.5) is 5.69 Å². The van der Waals surface area contributed by atoms with Crippen LogP contribution in [-0.4, -0.2) is 30.6 Å². The molecule has 1 aliphatic heterocycles. The Hall–Kier alpha value is -1.63. The Morgan fingerprint density at radius 2 is 1.96 bits per heavy atom. The van der Waals surface area contributed by atoms with Crippen LogP contribution in [0.15, 0.2) is 24.3 Å². The Kier molecular flexibility index (Phi) is 6.81. The molecule has 6 nitrogen and oxygen atoms in total. The SMILES string of the molecule is Cl.NC1(C(=O)NCc2cccc(NC(=O)C3CCC3)c2)CCOCC1. The average Bonchev–Trinajstić information content (AvgIpc) is 2.52. The summed E-state index contributed by atoms with van der Waals surface area (Å²) < 4.78 is 5.26. The van der Waals surface area contributed by atoms with E-state index in [4.69, 9.17) is 10.5 Å². The fourth-order valence-electron chi connectivity index (χ4n) is 2.99. The summed E-state index contributed by atoms with van der Waals surface area (Å²) in [5.41, 5.74) is 7.04. The van der Waals surface area contributed by atoms with E-state index in [9.17, 15) is 9.59 Å². The molecule has 1 heterocycles. The largest absolute Gasteiger partial charge is 0.381 e. The van der Waals surface area contributed by atoms with Gasteiger partial charge in [0.25, 0.3) is 0 Å². The van der Waals surface area contributed by atoms with Gasteiger partial charge in [0.2, 0.25) is 11.8 Å². The van der Waals surface area contributed by atoms with E-state index in [1.54, 1.807) is 0 Å². The van der Waals surface area contributed by atoms with Crippen molar-refractivity contribution in [1.29, 1.82) is 0 Å². The molecule has 0 atom stereocenters. The number of amides is 2. The molecular formula is C18H26ClN3O3. The highest BCUT2D eigenvalue weighted by molar-refractivity contribution is 5.93. The lowest BCUT2D eigenvalue weighted by Gasteiger charge is -2.31. The molecule has 0 spiro atoms. The van der Waals surface area contributed by atoms with Crippen molar-refractivity contribution in [1.82, 2.24) is 5.32 Å². The van der Waals surface area contributed by atoms with E-state index in [0.717, 1.165) is 30.5 Å². The molecule has 0 aromatic heterocycles. The molecule has 7 heteroatoms. The van der Waals surface area contributed by atoms with Gasteiger partial charge in [0.05, 0.1) is 5.54 Å². The fourth-order valence-corrected chi connectivity index (χ4v) is 2.99. The maximum atomic E-state index is 12.3. The van der Waals surface area contributed by atoms with Crippen LogP contribution >= 0.6 is 12.4 Å². The first-order valence-electron chi connectivity index (χ1n) is 8.62. The highest BCUT2D eigenvalue weighted by Crippen LogP contribution is 2.27. The summed E-state index contributed by atoms with van der Waals surface area (Å²) >= 11 is 0. The number of carbonyl (C=O) groups excluding carboxylic acids is 2. The molecule has 138 valence electrons. The van der Waals surface area contributed by atoms with Gasteiger partial charge in [0.1, 0.15) is 0 Å². The van der Waals surface area contributed by atoms with Gasteiger partial charge in [-0.05, 0) is 43.4 Å². The fraction of sp³-hybridized carbons (Fsp3) is 0.556. The Morgan fingerprint density at radius 3 is 2.60 bits per heavy atom. The third kappa shape index (κ3) is 4.93. The lowest BCUT2D eigenvalue weighted by molar-refractivity contribution is -0.130. The number of nitrogens with one attached hydrogen (secondary N) is 2. The Bertz CT molecular complexity index is 613. The molecule has 25 heavy (non-hydrogen) atoms. The normalized spacial score (nSPS) is 19.2. The molecule has 0 radical (unpaired) electrons. The monoisotopic (exact) mass is 367 g/mol. The molecule has 0 unspecified atom stereocenters. The van der Waals surface area contributed by atoms with Gasteiger partial charge < -0.3 is 21.1 Å². The maximum Gasteiger partial charge on any atom is 0.240 e. The standard InChI is InChI=1S/C18H25N3O3.ClH/c19-18(7-9-24-10-8-18)17(23)20-12-13-3-1-6-15(11-13)21-16(22)14-4-2-5-14;/h1,3,6,11,14H,2,4-5,7-10,12,19H2,(H,20,23)(H,21,22);1H. The van der Waals surface area contributed by atoms with Crippen LogP contribution in [0.25, 0.3) is 0 Å². The molecule has 1 aromatic rings. The number of hydrogen-bond donors (Lipinski definition) is 3. The van der Waals surface area contributed by atoms with Gasteiger partial charge in [-0.1, -0.05) is 18.6 Å². The second kappa shape index (κ2) is 8.65. The van der Waals surface area contributed by atoms with E-state index in [-0.39, 0.29) is 30.1 Å². The summed E-state index contributed by atoms with van der Waals surface area (Å²) in [7, 11) is 0. The Balaban J connectivity index is 0.00000225. The number of nitrogens with two attached hydrogens (primary N) is 1. The first kappa shape index (κ1) is 19.7. The second-order valence-corrected chi connectivity index (χ2v) is 6.77. The number of rotatable bonds is 5.